The van der Waals surface area contributed by atoms with E-state index in [0.29, 0.717) is 0 Å². The summed E-state index contributed by atoms with van der Waals surface area (Å²) in [5.74, 6) is 0. The van der Waals surface area contributed by atoms with Crippen molar-refractivity contribution in [3.05, 3.63) is 210 Å². The highest BCUT2D eigenvalue weighted by molar-refractivity contribution is 7.20. The number of aromatic nitrogens is 2. The van der Waals surface area contributed by atoms with Crippen LogP contribution in [-0.2, 0) is 31.1 Å². The highest BCUT2D eigenvalue weighted by Crippen LogP contribution is 2.43. The molecule has 2 aromatic heterocycles. The fourth-order valence-corrected chi connectivity index (χ4v) is 17.7. The Morgan fingerprint density at radius 3 is 1.77 bits per heavy atom. The fourth-order valence-electron chi connectivity index (χ4n) is 13.5. The van der Waals surface area contributed by atoms with Gasteiger partial charge in [0.05, 0.1) is 11.0 Å². The topological polar surface area (TPSA) is 13.1 Å². The molecule has 8 aromatic carbocycles. The Bertz CT molecular complexity index is 3710. The zero-order valence-corrected chi connectivity index (χ0v) is 41.2. The van der Waals surface area contributed by atoms with Crippen LogP contribution in [0.4, 0.5) is 17.1 Å². The second kappa shape index (κ2) is 15.2. The number of fused-ring (bicyclic) bond motifs is 10. The van der Waals surface area contributed by atoms with Gasteiger partial charge in [0.1, 0.15) is 8.07 Å². The lowest BCUT2D eigenvalue weighted by molar-refractivity contribution is 0.590. The number of hydrogen-bond donors (Lipinski definition) is 0. The first-order valence-corrected chi connectivity index (χ1v) is 28.0. The smallest absolute Gasteiger partial charge is 0.246 e. The molecular formula is C64H56BN3Si. The van der Waals surface area contributed by atoms with Gasteiger partial charge in [-0.15, -0.1) is 0 Å². The number of aryl methyl sites for hydroxylation is 2. The maximum absolute atomic E-state index is 2.71. The molecule has 1 atom stereocenters. The molecule has 4 aliphatic rings. The van der Waals surface area contributed by atoms with Gasteiger partial charge in [0.2, 0.25) is 6.71 Å². The number of anilines is 3. The van der Waals surface area contributed by atoms with Crippen molar-refractivity contribution in [2.24, 2.45) is 0 Å². The molecular weight excluding hydrogens is 850 g/mol. The van der Waals surface area contributed by atoms with Gasteiger partial charge in [-0.05, 0) is 143 Å². The van der Waals surface area contributed by atoms with E-state index < -0.39 is 8.07 Å². The van der Waals surface area contributed by atoms with E-state index in [-0.39, 0.29) is 12.1 Å². The van der Waals surface area contributed by atoms with Crippen LogP contribution in [0.25, 0.3) is 44.3 Å². The summed E-state index contributed by atoms with van der Waals surface area (Å²) in [6.45, 7) is 9.66. The molecule has 0 N–H and O–H groups in total. The fraction of sp³-hybridized carbons (Fsp3) is 0.188. The van der Waals surface area contributed by atoms with Gasteiger partial charge in [0.15, 0.2) is 0 Å². The van der Waals surface area contributed by atoms with Crippen molar-refractivity contribution in [2.45, 2.75) is 77.7 Å². The van der Waals surface area contributed by atoms with Crippen molar-refractivity contribution in [1.29, 1.82) is 0 Å². The van der Waals surface area contributed by atoms with Gasteiger partial charge in [-0.3, -0.25) is 0 Å². The van der Waals surface area contributed by atoms with Crippen LogP contribution in [0.3, 0.4) is 0 Å². The lowest BCUT2D eigenvalue weighted by Crippen LogP contribution is -2.82. The molecule has 4 heterocycles. The minimum Gasteiger partial charge on any atom is -0.313 e. The predicted molar refractivity (Wildman–Crippen MR) is 296 cm³/mol. The first-order valence-electron chi connectivity index (χ1n) is 25.5. The Morgan fingerprint density at radius 2 is 1.06 bits per heavy atom. The van der Waals surface area contributed by atoms with Gasteiger partial charge in [0, 0.05) is 50.6 Å². The molecule has 0 spiro atoms. The maximum Gasteiger partial charge on any atom is 0.246 e. The van der Waals surface area contributed by atoms with Crippen molar-refractivity contribution in [1.82, 2.24) is 9.13 Å². The van der Waals surface area contributed by atoms with Crippen molar-refractivity contribution in [3.8, 4) is 22.5 Å². The summed E-state index contributed by atoms with van der Waals surface area (Å²) >= 11 is 0. The third-order valence-electron chi connectivity index (χ3n) is 16.8. The third-order valence-corrected chi connectivity index (χ3v) is 21.3. The highest BCUT2D eigenvalue weighted by Gasteiger charge is 2.50. The second-order valence-electron chi connectivity index (χ2n) is 21.5. The van der Waals surface area contributed by atoms with Crippen LogP contribution < -0.4 is 36.8 Å². The maximum atomic E-state index is 2.69. The zero-order chi connectivity index (χ0) is 46.2. The molecule has 10 aromatic rings. The summed E-state index contributed by atoms with van der Waals surface area (Å²) < 4.78 is 5.29. The summed E-state index contributed by atoms with van der Waals surface area (Å²) in [5.41, 5.74) is 23.2. The molecule has 0 fully saturated rings. The second-order valence-corrected chi connectivity index (χ2v) is 25.4. The molecule has 0 radical (unpaired) electrons. The predicted octanol–water partition coefficient (Wildman–Crippen LogP) is 11.6. The number of nitrogens with zero attached hydrogens (tertiary/aromatic N) is 3. The van der Waals surface area contributed by atoms with Crippen LogP contribution in [0.2, 0.25) is 6.55 Å². The van der Waals surface area contributed by atoms with Gasteiger partial charge < -0.3 is 14.0 Å². The van der Waals surface area contributed by atoms with Crippen molar-refractivity contribution < 1.29 is 0 Å². The molecule has 0 amide bonds. The summed E-state index contributed by atoms with van der Waals surface area (Å²) in [7, 11) is -2.71. The first-order chi connectivity index (χ1) is 33.8. The molecule has 0 bridgehead atoms. The van der Waals surface area contributed by atoms with Crippen molar-refractivity contribution in [3.63, 3.8) is 0 Å². The van der Waals surface area contributed by atoms with E-state index in [0.717, 1.165) is 25.7 Å². The summed E-state index contributed by atoms with van der Waals surface area (Å²) in [6.07, 6.45) is 8.14. The van der Waals surface area contributed by atoms with Gasteiger partial charge in [-0.1, -0.05) is 177 Å². The Hall–Kier alpha value is -7.08. The molecule has 5 heteroatoms. The Kier molecular flexibility index (Phi) is 9.03. The van der Waals surface area contributed by atoms with E-state index in [1.807, 2.05) is 0 Å². The molecule has 334 valence electrons. The van der Waals surface area contributed by atoms with Crippen molar-refractivity contribution in [2.75, 3.05) is 4.90 Å². The third kappa shape index (κ3) is 5.99. The van der Waals surface area contributed by atoms with Gasteiger partial charge >= 0.3 is 0 Å². The van der Waals surface area contributed by atoms with E-state index in [1.54, 1.807) is 5.56 Å². The Morgan fingerprint density at radius 1 is 0.464 bits per heavy atom. The van der Waals surface area contributed by atoms with Crippen LogP contribution in [-0.4, -0.2) is 23.9 Å². The summed E-state index contributed by atoms with van der Waals surface area (Å²) in [5, 5.41) is 7.30. The monoisotopic (exact) mass is 905 g/mol. The minimum atomic E-state index is -2.71. The van der Waals surface area contributed by atoms with Crippen molar-refractivity contribution >= 4 is 85.6 Å². The van der Waals surface area contributed by atoms with E-state index >= 15 is 0 Å². The normalized spacial score (nSPS) is 16.9. The van der Waals surface area contributed by atoms with E-state index in [1.165, 1.54) is 135 Å². The number of para-hydroxylation sites is 2. The lowest BCUT2D eigenvalue weighted by atomic mass is 9.34. The number of benzene rings is 8. The average molecular weight is 906 g/mol. The molecule has 69 heavy (non-hydrogen) atoms. The van der Waals surface area contributed by atoms with Gasteiger partial charge in [-0.25, -0.2) is 0 Å². The Balaban J connectivity index is 1.12. The number of rotatable bonds is 5. The van der Waals surface area contributed by atoms with Crippen LogP contribution >= 0.6 is 0 Å². The number of hydrogen-bond acceptors (Lipinski definition) is 1. The molecule has 3 nitrogen and oxygen atoms in total. The van der Waals surface area contributed by atoms with Gasteiger partial charge in [0.25, 0.3) is 0 Å². The quantitative estimate of drug-likeness (QED) is 0.157. The molecule has 14 rings (SSSR count). The molecule has 2 aliphatic carbocycles. The average Bonchev–Trinajstić information content (AvgIpc) is 4.09. The Labute approximate surface area is 407 Å². The highest BCUT2D eigenvalue weighted by atomic mass is 28.3. The van der Waals surface area contributed by atoms with Crippen LogP contribution in [0, 0.1) is 0 Å². The molecule has 2 aliphatic heterocycles. The summed E-state index contributed by atoms with van der Waals surface area (Å²) in [4.78, 5) is 2.68. The van der Waals surface area contributed by atoms with E-state index in [2.05, 4.69) is 223 Å². The largest absolute Gasteiger partial charge is 0.313 e. The molecule has 1 unspecified atom stereocenters. The molecule has 0 saturated heterocycles. The minimum absolute atomic E-state index is 0.0311. The SMILES string of the molecule is CC(C)(C)c1ccc(N2c3cc(-n4c5c(c6ccccc64)CCC5)ccc3B3c4cc(-c5ccccc5)ccc4[Si](C)(c4ccccc4)c4cc(-n5c6c(c7ccccc75)CCCC6)cc2c43)cc1. The van der Waals surface area contributed by atoms with Crippen LogP contribution in [0.15, 0.2) is 182 Å². The zero-order valence-electron chi connectivity index (χ0n) is 40.2. The van der Waals surface area contributed by atoms with E-state index in [4.69, 9.17) is 0 Å². The standard InChI is InChI=1S/C64H56BN3Si/c1-64(2,3)44-31-33-45(34-32-44)66-59-39-46(67-55-26-14-11-24-51(55)52-25-17-29-58(52)67)35-36-53(59)65-54-38-43(42-18-7-5-8-19-42)30-37-61(54)69(4,48-20-9-6-10-21-48)62-41-47(40-60(66)63(62)65)68-56-27-15-12-22-49(56)50-23-13-16-28-57(50)68/h5-12,14-15,18-22,24,26-27,30-41H,13,16-17,23,25,28-29H2,1-4H3. The first kappa shape index (κ1) is 40.9. The summed E-state index contributed by atoms with van der Waals surface area (Å²) in [6, 6.07) is 70.9. The lowest BCUT2D eigenvalue weighted by Gasteiger charge is -2.46. The molecule has 0 saturated carbocycles. The van der Waals surface area contributed by atoms with Gasteiger partial charge in [-0.2, -0.15) is 0 Å². The van der Waals surface area contributed by atoms with E-state index in [9.17, 15) is 0 Å². The van der Waals surface area contributed by atoms with Crippen LogP contribution in [0.1, 0.15) is 68.1 Å². The van der Waals surface area contributed by atoms with Crippen LogP contribution in [0.5, 0.6) is 0 Å².